The van der Waals surface area contributed by atoms with Crippen LogP contribution < -0.4 is 11.1 Å². The maximum Gasteiger partial charge on any atom is 0.409 e. The van der Waals surface area contributed by atoms with E-state index in [-0.39, 0.29) is 36.1 Å². The van der Waals surface area contributed by atoms with Crippen molar-refractivity contribution < 1.29 is 19.0 Å². The zero-order valence-electron chi connectivity index (χ0n) is 18.3. The van der Waals surface area contributed by atoms with Crippen LogP contribution in [-0.2, 0) is 27.4 Å². The number of hydrogen-bond donors (Lipinski definition) is 2. The highest BCUT2D eigenvalue weighted by atomic mass is 127. The Morgan fingerprint density at radius 2 is 1.81 bits per heavy atom. The lowest BCUT2D eigenvalue weighted by molar-refractivity contribution is -0.0390. The lowest BCUT2D eigenvalue weighted by Crippen LogP contribution is -2.48. The summed E-state index contributed by atoms with van der Waals surface area (Å²) in [6.45, 7) is 6.30. The molecule has 8 nitrogen and oxygen atoms in total. The number of aliphatic imine (C=N–C) groups is 1. The van der Waals surface area contributed by atoms with Gasteiger partial charge in [0.2, 0.25) is 0 Å². The first kappa shape index (κ1) is 25.7. The molecule has 31 heavy (non-hydrogen) atoms. The molecule has 1 aromatic rings. The second-order valence-corrected chi connectivity index (χ2v) is 7.75. The Morgan fingerprint density at radius 3 is 2.45 bits per heavy atom. The van der Waals surface area contributed by atoms with Gasteiger partial charge in [-0.2, -0.15) is 0 Å². The molecule has 2 aliphatic heterocycles. The number of hydrogen-bond acceptors (Lipinski definition) is 5. The van der Waals surface area contributed by atoms with Crippen LogP contribution in [0.4, 0.5) is 4.79 Å². The van der Waals surface area contributed by atoms with Gasteiger partial charge in [0.25, 0.3) is 0 Å². The van der Waals surface area contributed by atoms with E-state index in [0.29, 0.717) is 44.9 Å². The third kappa shape index (κ3) is 8.82. The number of carbonyl (C=O) groups is 1. The van der Waals surface area contributed by atoms with E-state index in [1.807, 2.05) is 6.92 Å². The fourth-order valence-electron chi connectivity index (χ4n) is 3.65. The fourth-order valence-corrected chi connectivity index (χ4v) is 3.65. The summed E-state index contributed by atoms with van der Waals surface area (Å²) in [5.74, 6) is 0.441. The Kier molecular flexibility index (Phi) is 11.4. The average Bonchev–Trinajstić information content (AvgIpc) is 2.78. The highest BCUT2D eigenvalue weighted by Gasteiger charge is 2.23. The monoisotopic (exact) mass is 546 g/mol. The van der Waals surface area contributed by atoms with Gasteiger partial charge >= 0.3 is 6.09 Å². The minimum absolute atomic E-state index is 0. The number of nitrogens with zero attached hydrogens (tertiary/aromatic N) is 2. The van der Waals surface area contributed by atoms with Gasteiger partial charge < -0.3 is 30.2 Å². The summed E-state index contributed by atoms with van der Waals surface area (Å²) < 4.78 is 16.4. The largest absolute Gasteiger partial charge is 0.450 e. The van der Waals surface area contributed by atoms with E-state index in [1.165, 1.54) is 0 Å². The van der Waals surface area contributed by atoms with Crippen LogP contribution in [-0.4, -0.2) is 62.0 Å². The first-order chi connectivity index (χ1) is 14.6. The Bertz CT molecular complexity index is 687. The van der Waals surface area contributed by atoms with E-state index in [0.717, 1.165) is 50.0 Å². The number of guanidine groups is 1. The summed E-state index contributed by atoms with van der Waals surface area (Å²) >= 11 is 0. The molecule has 2 heterocycles. The van der Waals surface area contributed by atoms with E-state index in [4.69, 9.17) is 19.9 Å². The summed E-state index contributed by atoms with van der Waals surface area (Å²) in [5.41, 5.74) is 8.32. The molecule has 1 aromatic carbocycles. The molecule has 0 saturated carbocycles. The maximum atomic E-state index is 11.8. The molecular formula is C22H35IN4O4. The third-order valence-corrected chi connectivity index (χ3v) is 5.48. The van der Waals surface area contributed by atoms with Gasteiger partial charge in [-0.3, -0.25) is 0 Å². The number of carbonyl (C=O) groups excluding carboxylic acids is 1. The predicted octanol–water partition coefficient (Wildman–Crippen LogP) is 3.03. The van der Waals surface area contributed by atoms with Crippen LogP contribution in [0.5, 0.6) is 0 Å². The topological polar surface area (TPSA) is 98.4 Å². The number of piperidine rings is 1. The third-order valence-electron chi connectivity index (χ3n) is 5.48. The zero-order chi connectivity index (χ0) is 21.2. The second kappa shape index (κ2) is 13.7. The van der Waals surface area contributed by atoms with Gasteiger partial charge in [-0.15, -0.1) is 24.0 Å². The van der Waals surface area contributed by atoms with Crippen molar-refractivity contribution in [1.29, 1.82) is 0 Å². The molecular weight excluding hydrogens is 511 g/mol. The molecule has 0 aromatic heterocycles. The molecule has 0 bridgehead atoms. The predicted molar refractivity (Wildman–Crippen MR) is 131 cm³/mol. The molecule has 9 heteroatoms. The van der Waals surface area contributed by atoms with Gasteiger partial charge in [-0.05, 0) is 43.7 Å². The SMILES string of the molecule is CCOC(=O)N1CCC(NC(N)=NCc2ccc(COC3CCOCC3)cc2)CC1.I. The van der Waals surface area contributed by atoms with Gasteiger partial charge in [-0.1, -0.05) is 24.3 Å². The van der Waals surface area contributed by atoms with Gasteiger partial charge in [0.15, 0.2) is 5.96 Å². The summed E-state index contributed by atoms with van der Waals surface area (Å²) in [5, 5.41) is 3.27. The number of rotatable bonds is 7. The van der Waals surface area contributed by atoms with Gasteiger partial charge in [0.05, 0.1) is 25.9 Å². The number of amides is 1. The first-order valence-electron chi connectivity index (χ1n) is 10.9. The minimum Gasteiger partial charge on any atom is -0.450 e. The molecule has 2 aliphatic rings. The van der Waals surface area contributed by atoms with Crippen LogP contribution in [0.15, 0.2) is 29.3 Å². The van der Waals surface area contributed by atoms with Crippen LogP contribution >= 0.6 is 24.0 Å². The average molecular weight is 546 g/mol. The highest BCUT2D eigenvalue weighted by Crippen LogP contribution is 2.14. The molecule has 3 N–H and O–H groups in total. The second-order valence-electron chi connectivity index (χ2n) is 7.75. The van der Waals surface area contributed by atoms with Gasteiger partial charge in [0, 0.05) is 32.3 Å². The van der Waals surface area contributed by atoms with Crippen molar-refractivity contribution in [2.24, 2.45) is 10.7 Å². The van der Waals surface area contributed by atoms with Crippen molar-refractivity contribution in [1.82, 2.24) is 10.2 Å². The number of halogens is 1. The number of ether oxygens (including phenoxy) is 3. The van der Waals surface area contributed by atoms with Crippen molar-refractivity contribution in [3.05, 3.63) is 35.4 Å². The van der Waals surface area contributed by atoms with Crippen molar-refractivity contribution in [2.45, 2.75) is 57.9 Å². The van der Waals surface area contributed by atoms with Crippen LogP contribution in [0.25, 0.3) is 0 Å². The highest BCUT2D eigenvalue weighted by molar-refractivity contribution is 14.0. The fraction of sp³-hybridized carbons (Fsp3) is 0.636. The lowest BCUT2D eigenvalue weighted by atomic mass is 10.1. The molecule has 174 valence electrons. The van der Waals surface area contributed by atoms with Crippen molar-refractivity contribution in [3.8, 4) is 0 Å². The minimum atomic E-state index is -0.237. The van der Waals surface area contributed by atoms with Crippen LogP contribution in [0.2, 0.25) is 0 Å². The number of nitrogens with one attached hydrogen (secondary N) is 1. The Labute approximate surface area is 201 Å². The summed E-state index contributed by atoms with van der Waals surface area (Å²) in [6, 6.07) is 8.52. The number of benzene rings is 1. The van der Waals surface area contributed by atoms with Crippen LogP contribution in [0.3, 0.4) is 0 Å². The van der Waals surface area contributed by atoms with Crippen LogP contribution in [0, 0.1) is 0 Å². The van der Waals surface area contributed by atoms with Crippen molar-refractivity contribution >= 4 is 36.0 Å². The molecule has 0 radical (unpaired) electrons. The molecule has 1 amide bonds. The quantitative estimate of drug-likeness (QED) is 0.310. The Hall–Kier alpha value is -1.59. The molecule has 0 spiro atoms. The molecule has 0 aliphatic carbocycles. The summed E-state index contributed by atoms with van der Waals surface area (Å²) in [6.07, 6.45) is 3.67. The van der Waals surface area contributed by atoms with E-state index in [2.05, 4.69) is 34.6 Å². The normalized spacial score (nSPS) is 18.4. The molecule has 0 unspecified atom stereocenters. The number of nitrogens with two attached hydrogens (primary N) is 1. The lowest BCUT2D eigenvalue weighted by Gasteiger charge is -2.31. The van der Waals surface area contributed by atoms with E-state index < -0.39 is 0 Å². The molecule has 3 rings (SSSR count). The molecule has 2 saturated heterocycles. The van der Waals surface area contributed by atoms with Crippen molar-refractivity contribution in [2.75, 3.05) is 32.9 Å². The maximum absolute atomic E-state index is 11.8. The smallest absolute Gasteiger partial charge is 0.409 e. The van der Waals surface area contributed by atoms with E-state index in [1.54, 1.807) is 4.90 Å². The first-order valence-corrected chi connectivity index (χ1v) is 10.9. The van der Waals surface area contributed by atoms with Crippen LogP contribution in [0.1, 0.15) is 43.7 Å². The van der Waals surface area contributed by atoms with Gasteiger partial charge in [-0.25, -0.2) is 9.79 Å². The zero-order valence-corrected chi connectivity index (χ0v) is 20.6. The van der Waals surface area contributed by atoms with E-state index in [9.17, 15) is 4.79 Å². The standard InChI is InChI=1S/C22H34N4O4.HI/c1-2-29-22(27)26-11-7-19(8-12-26)25-21(23)24-15-17-3-5-18(6-4-17)16-30-20-9-13-28-14-10-20;/h3-6,19-20H,2,7-16H2,1H3,(H3,23,24,25);1H. The molecule has 0 atom stereocenters. The summed E-state index contributed by atoms with van der Waals surface area (Å²) in [7, 11) is 0. The Morgan fingerprint density at radius 1 is 1.16 bits per heavy atom. The summed E-state index contributed by atoms with van der Waals surface area (Å²) in [4.78, 5) is 17.9. The number of likely N-dealkylation sites (tertiary alicyclic amines) is 1. The Balaban J connectivity index is 0.00000341. The molecule has 2 fully saturated rings. The van der Waals surface area contributed by atoms with E-state index >= 15 is 0 Å². The van der Waals surface area contributed by atoms with Crippen molar-refractivity contribution in [3.63, 3.8) is 0 Å². The van der Waals surface area contributed by atoms with Gasteiger partial charge in [0.1, 0.15) is 0 Å².